The van der Waals surface area contributed by atoms with Crippen molar-refractivity contribution in [3.63, 3.8) is 0 Å². The number of benzene rings is 1. The van der Waals surface area contributed by atoms with Crippen molar-refractivity contribution < 1.29 is 9.53 Å². The van der Waals surface area contributed by atoms with Crippen LogP contribution >= 0.6 is 0 Å². The molecule has 1 aromatic carbocycles. The zero-order valence-electron chi connectivity index (χ0n) is 10.6. The maximum atomic E-state index is 12.1. The minimum Gasteiger partial charge on any atom is -0.493 e. The third kappa shape index (κ3) is 2.31. The minimum atomic E-state index is -0.161. The summed E-state index contributed by atoms with van der Waals surface area (Å²) in [6.45, 7) is 2.48. The van der Waals surface area contributed by atoms with Gasteiger partial charge in [0.2, 0.25) is 0 Å². The summed E-state index contributed by atoms with van der Waals surface area (Å²) in [5.74, 6) is 0.684. The van der Waals surface area contributed by atoms with E-state index in [9.17, 15) is 4.79 Å². The van der Waals surface area contributed by atoms with E-state index >= 15 is 0 Å². The Kier molecular flexibility index (Phi) is 2.95. The number of hydrogen-bond donors (Lipinski definition) is 2. The van der Waals surface area contributed by atoms with Crippen LogP contribution in [-0.2, 0) is 0 Å². The average molecular weight is 257 g/mol. The van der Waals surface area contributed by atoms with Crippen molar-refractivity contribution >= 4 is 5.91 Å². The van der Waals surface area contributed by atoms with Gasteiger partial charge in [-0.25, -0.2) is 0 Å². The Labute approximate surface area is 111 Å². The zero-order chi connectivity index (χ0) is 13.2. The summed E-state index contributed by atoms with van der Waals surface area (Å²) >= 11 is 0. The molecule has 0 aliphatic carbocycles. The highest BCUT2D eigenvalue weighted by atomic mass is 16.5. The summed E-state index contributed by atoms with van der Waals surface area (Å²) in [4.78, 5) is 12.1. The monoisotopic (exact) mass is 257 g/mol. The molecule has 0 unspecified atom stereocenters. The van der Waals surface area contributed by atoms with Crippen molar-refractivity contribution in [3.05, 3.63) is 47.3 Å². The predicted octanol–water partition coefficient (Wildman–Crippen LogP) is 1.97. The Bertz CT molecular complexity index is 606. The van der Waals surface area contributed by atoms with Gasteiger partial charge in [0.05, 0.1) is 12.6 Å². The lowest BCUT2D eigenvalue weighted by Gasteiger charge is -2.26. The van der Waals surface area contributed by atoms with Crippen LogP contribution in [0.4, 0.5) is 0 Å². The summed E-state index contributed by atoms with van der Waals surface area (Å²) in [7, 11) is 0. The lowest BCUT2D eigenvalue weighted by atomic mass is 10.0. The Balaban J connectivity index is 1.79. The van der Waals surface area contributed by atoms with Gasteiger partial charge in [0.15, 0.2) is 0 Å². The summed E-state index contributed by atoms with van der Waals surface area (Å²) < 4.78 is 5.57. The molecule has 2 heterocycles. The maximum Gasteiger partial charge on any atom is 0.272 e. The fraction of sp³-hybridized carbons (Fsp3) is 0.286. The first-order chi connectivity index (χ1) is 9.24. The van der Waals surface area contributed by atoms with Crippen molar-refractivity contribution in [1.82, 2.24) is 15.5 Å². The number of aryl methyl sites for hydroxylation is 1. The van der Waals surface area contributed by atoms with Crippen LogP contribution in [0.25, 0.3) is 0 Å². The SMILES string of the molecule is Cc1cc(C(=O)N[C@H]2CCOc3ccccc32)n[nH]1. The molecular weight excluding hydrogens is 242 g/mol. The molecule has 0 bridgehead atoms. The summed E-state index contributed by atoms with van der Waals surface area (Å²) in [6, 6.07) is 9.50. The standard InChI is InChI=1S/C14H15N3O2/c1-9-8-12(17-16-9)14(18)15-11-6-7-19-13-5-3-2-4-10(11)13/h2-5,8,11H,6-7H2,1H3,(H,15,18)(H,16,17)/t11-/m0/s1. The topological polar surface area (TPSA) is 67.0 Å². The molecule has 0 saturated heterocycles. The number of carbonyl (C=O) groups excluding carboxylic acids is 1. The van der Waals surface area contributed by atoms with Crippen LogP contribution in [0.3, 0.4) is 0 Å². The number of para-hydroxylation sites is 1. The first-order valence-corrected chi connectivity index (χ1v) is 6.28. The number of fused-ring (bicyclic) bond motifs is 1. The highest BCUT2D eigenvalue weighted by Gasteiger charge is 2.23. The molecule has 5 heteroatoms. The largest absolute Gasteiger partial charge is 0.493 e. The van der Waals surface area contributed by atoms with Crippen LogP contribution in [0.2, 0.25) is 0 Å². The number of ether oxygens (including phenoxy) is 1. The van der Waals surface area contributed by atoms with Crippen molar-refractivity contribution in [2.24, 2.45) is 0 Å². The van der Waals surface area contributed by atoms with Crippen LogP contribution in [0.15, 0.2) is 30.3 Å². The third-order valence-electron chi connectivity index (χ3n) is 3.20. The molecule has 19 heavy (non-hydrogen) atoms. The molecule has 1 atom stereocenters. The van der Waals surface area contributed by atoms with Gasteiger partial charge in [-0.15, -0.1) is 0 Å². The number of amides is 1. The van der Waals surface area contributed by atoms with Gasteiger partial charge < -0.3 is 10.1 Å². The summed E-state index contributed by atoms with van der Waals surface area (Å²) in [5, 5.41) is 9.74. The average Bonchev–Trinajstić information content (AvgIpc) is 2.86. The predicted molar refractivity (Wildman–Crippen MR) is 70.1 cm³/mol. The van der Waals surface area contributed by atoms with Gasteiger partial charge in [0.25, 0.3) is 5.91 Å². The molecule has 0 saturated carbocycles. The number of H-pyrrole nitrogens is 1. The number of nitrogens with one attached hydrogen (secondary N) is 2. The van der Waals surface area contributed by atoms with E-state index in [0.717, 1.165) is 23.4 Å². The number of nitrogens with zero attached hydrogens (tertiary/aromatic N) is 1. The van der Waals surface area contributed by atoms with E-state index < -0.39 is 0 Å². The quantitative estimate of drug-likeness (QED) is 0.864. The van der Waals surface area contributed by atoms with E-state index in [1.54, 1.807) is 6.07 Å². The number of aromatic nitrogens is 2. The maximum absolute atomic E-state index is 12.1. The van der Waals surface area contributed by atoms with E-state index in [-0.39, 0.29) is 11.9 Å². The Morgan fingerprint density at radius 3 is 3.11 bits per heavy atom. The molecule has 0 spiro atoms. The molecule has 2 aromatic rings. The Morgan fingerprint density at radius 2 is 2.32 bits per heavy atom. The van der Waals surface area contributed by atoms with Crippen LogP contribution < -0.4 is 10.1 Å². The van der Waals surface area contributed by atoms with Gasteiger partial charge in [-0.05, 0) is 19.1 Å². The number of carbonyl (C=O) groups is 1. The lowest BCUT2D eigenvalue weighted by molar-refractivity contribution is 0.0919. The fourth-order valence-electron chi connectivity index (χ4n) is 2.26. The molecule has 3 rings (SSSR count). The third-order valence-corrected chi connectivity index (χ3v) is 3.20. The first-order valence-electron chi connectivity index (χ1n) is 6.28. The molecule has 2 N–H and O–H groups in total. The summed E-state index contributed by atoms with van der Waals surface area (Å²) in [6.07, 6.45) is 0.770. The molecule has 1 aliphatic rings. The molecular formula is C14H15N3O2. The molecule has 1 aliphatic heterocycles. The van der Waals surface area contributed by atoms with Crippen LogP contribution in [0.1, 0.15) is 34.2 Å². The Hall–Kier alpha value is -2.30. The molecule has 0 radical (unpaired) electrons. The van der Waals surface area contributed by atoms with E-state index in [4.69, 9.17) is 4.74 Å². The van der Waals surface area contributed by atoms with Crippen LogP contribution in [0.5, 0.6) is 5.75 Å². The van der Waals surface area contributed by atoms with Crippen molar-refractivity contribution in [2.45, 2.75) is 19.4 Å². The smallest absolute Gasteiger partial charge is 0.272 e. The lowest BCUT2D eigenvalue weighted by Crippen LogP contribution is -2.32. The highest BCUT2D eigenvalue weighted by Crippen LogP contribution is 2.31. The molecule has 5 nitrogen and oxygen atoms in total. The first kappa shape index (κ1) is 11.8. The highest BCUT2D eigenvalue weighted by molar-refractivity contribution is 5.92. The van der Waals surface area contributed by atoms with Gasteiger partial charge in [-0.2, -0.15) is 5.10 Å². The van der Waals surface area contributed by atoms with Crippen molar-refractivity contribution in [3.8, 4) is 5.75 Å². The normalized spacial score (nSPS) is 17.4. The number of hydrogen-bond acceptors (Lipinski definition) is 3. The minimum absolute atomic E-state index is 0.0190. The van der Waals surface area contributed by atoms with E-state index in [1.165, 1.54) is 0 Å². The van der Waals surface area contributed by atoms with E-state index in [0.29, 0.717) is 12.3 Å². The van der Waals surface area contributed by atoms with E-state index in [2.05, 4.69) is 15.5 Å². The van der Waals surface area contributed by atoms with Crippen molar-refractivity contribution in [2.75, 3.05) is 6.61 Å². The molecule has 0 fully saturated rings. The van der Waals surface area contributed by atoms with Gasteiger partial charge in [0, 0.05) is 17.7 Å². The van der Waals surface area contributed by atoms with Crippen LogP contribution in [-0.4, -0.2) is 22.7 Å². The van der Waals surface area contributed by atoms with Crippen LogP contribution in [0, 0.1) is 6.92 Å². The molecule has 1 aromatic heterocycles. The Morgan fingerprint density at radius 1 is 1.47 bits per heavy atom. The van der Waals surface area contributed by atoms with E-state index in [1.807, 2.05) is 31.2 Å². The summed E-state index contributed by atoms with van der Waals surface area (Å²) in [5.41, 5.74) is 2.31. The fourth-order valence-corrected chi connectivity index (χ4v) is 2.26. The second-order valence-electron chi connectivity index (χ2n) is 4.64. The van der Waals surface area contributed by atoms with Gasteiger partial charge in [-0.1, -0.05) is 18.2 Å². The van der Waals surface area contributed by atoms with Gasteiger partial charge in [0.1, 0.15) is 11.4 Å². The van der Waals surface area contributed by atoms with Gasteiger partial charge in [-0.3, -0.25) is 9.89 Å². The molecule has 98 valence electrons. The van der Waals surface area contributed by atoms with Crippen molar-refractivity contribution in [1.29, 1.82) is 0 Å². The number of rotatable bonds is 2. The zero-order valence-corrected chi connectivity index (χ0v) is 10.6. The van der Waals surface area contributed by atoms with Gasteiger partial charge >= 0.3 is 0 Å². The number of aromatic amines is 1. The second-order valence-corrected chi connectivity index (χ2v) is 4.64. The second kappa shape index (κ2) is 4.76. The molecule has 1 amide bonds.